The molecule has 1 aliphatic carbocycles. The van der Waals surface area contributed by atoms with E-state index in [1.54, 1.807) is 0 Å². The van der Waals surface area contributed by atoms with E-state index < -0.39 is 0 Å². The molecule has 0 spiro atoms. The summed E-state index contributed by atoms with van der Waals surface area (Å²) in [4.78, 5) is 2.74. The molecular weight excluding hydrogens is 276 g/mol. The minimum Gasteiger partial charge on any atom is -0.396 e. The summed E-state index contributed by atoms with van der Waals surface area (Å²) in [5, 5.41) is 13.5. The first-order valence-corrected chi connectivity index (χ1v) is 9.47. The van der Waals surface area contributed by atoms with Crippen molar-refractivity contribution in [3.63, 3.8) is 0 Å². The summed E-state index contributed by atoms with van der Waals surface area (Å²) in [6.07, 6.45) is 11.7. The number of nitrogens with one attached hydrogen (secondary N) is 1. The van der Waals surface area contributed by atoms with Crippen LogP contribution >= 0.6 is 0 Å². The Kier molecular flexibility index (Phi) is 6.14. The molecule has 0 bridgehead atoms. The number of aliphatic hydroxyl groups excluding tert-OH is 1. The normalized spacial score (nSPS) is 28.8. The van der Waals surface area contributed by atoms with E-state index in [0.29, 0.717) is 12.6 Å². The lowest BCUT2D eigenvalue weighted by atomic mass is 9.80. The zero-order valence-corrected chi connectivity index (χ0v) is 14.1. The number of nitrogens with zero attached hydrogens (tertiary/aromatic N) is 1. The van der Waals surface area contributed by atoms with E-state index in [9.17, 15) is 5.11 Å². The molecule has 3 rings (SSSR count). The van der Waals surface area contributed by atoms with Gasteiger partial charge in [-0.25, -0.2) is 0 Å². The summed E-state index contributed by atoms with van der Waals surface area (Å²) in [7, 11) is 0. The van der Waals surface area contributed by atoms with Crippen LogP contribution in [0, 0.1) is 5.41 Å². The number of hydrogen-bond acceptors (Lipinski definition) is 4. The van der Waals surface area contributed by atoms with Crippen LogP contribution in [0.1, 0.15) is 57.8 Å². The molecule has 0 atom stereocenters. The summed E-state index contributed by atoms with van der Waals surface area (Å²) >= 11 is 0. The fourth-order valence-electron chi connectivity index (χ4n) is 4.47. The van der Waals surface area contributed by atoms with Gasteiger partial charge in [0.2, 0.25) is 0 Å². The van der Waals surface area contributed by atoms with Crippen LogP contribution in [0.3, 0.4) is 0 Å². The molecule has 128 valence electrons. The molecule has 0 aromatic rings. The van der Waals surface area contributed by atoms with Gasteiger partial charge in [0.1, 0.15) is 0 Å². The quantitative estimate of drug-likeness (QED) is 0.817. The van der Waals surface area contributed by atoms with Crippen LogP contribution in [-0.4, -0.2) is 61.5 Å². The van der Waals surface area contributed by atoms with E-state index >= 15 is 0 Å². The molecular formula is C18H34N2O2. The van der Waals surface area contributed by atoms with E-state index in [0.717, 1.165) is 38.6 Å². The average Bonchev–Trinajstić information content (AvgIpc) is 2.62. The number of likely N-dealkylation sites (tertiary alicyclic amines) is 1. The predicted molar refractivity (Wildman–Crippen MR) is 89.0 cm³/mol. The van der Waals surface area contributed by atoms with E-state index in [-0.39, 0.29) is 5.41 Å². The minimum absolute atomic E-state index is 0.0682. The second-order valence-corrected chi connectivity index (χ2v) is 7.75. The van der Waals surface area contributed by atoms with Gasteiger partial charge in [-0.1, -0.05) is 19.3 Å². The van der Waals surface area contributed by atoms with Crippen LogP contribution in [-0.2, 0) is 4.74 Å². The van der Waals surface area contributed by atoms with Gasteiger partial charge in [-0.15, -0.1) is 0 Å². The second-order valence-electron chi connectivity index (χ2n) is 7.75. The molecule has 2 aliphatic heterocycles. The Morgan fingerprint density at radius 3 is 2.32 bits per heavy atom. The van der Waals surface area contributed by atoms with Gasteiger partial charge in [-0.2, -0.15) is 0 Å². The highest BCUT2D eigenvalue weighted by molar-refractivity contribution is 4.88. The Labute approximate surface area is 135 Å². The maximum absolute atomic E-state index is 9.78. The Morgan fingerprint density at radius 1 is 1.00 bits per heavy atom. The first-order valence-electron chi connectivity index (χ1n) is 9.47. The van der Waals surface area contributed by atoms with Crippen LogP contribution in [0.5, 0.6) is 0 Å². The second kappa shape index (κ2) is 8.09. The van der Waals surface area contributed by atoms with Crippen molar-refractivity contribution in [2.24, 2.45) is 5.41 Å². The van der Waals surface area contributed by atoms with Crippen molar-refractivity contribution in [1.82, 2.24) is 10.2 Å². The average molecular weight is 310 g/mol. The summed E-state index contributed by atoms with van der Waals surface area (Å²) < 4.78 is 5.45. The monoisotopic (exact) mass is 310 g/mol. The Morgan fingerprint density at radius 2 is 1.68 bits per heavy atom. The molecule has 3 aliphatic rings. The maximum Gasteiger partial charge on any atom is 0.0501 e. The highest BCUT2D eigenvalue weighted by Gasteiger charge is 2.33. The predicted octanol–water partition coefficient (Wildman–Crippen LogP) is 2.16. The van der Waals surface area contributed by atoms with Crippen molar-refractivity contribution in [3.8, 4) is 0 Å². The number of hydrogen-bond donors (Lipinski definition) is 2. The molecule has 3 fully saturated rings. The Hall–Kier alpha value is -0.160. The maximum atomic E-state index is 9.78. The molecule has 4 nitrogen and oxygen atoms in total. The Balaban J connectivity index is 1.39. The highest BCUT2D eigenvalue weighted by Crippen LogP contribution is 2.30. The third-order valence-corrected chi connectivity index (χ3v) is 6.28. The zero-order chi connectivity index (χ0) is 15.3. The highest BCUT2D eigenvalue weighted by atomic mass is 16.5. The van der Waals surface area contributed by atoms with Gasteiger partial charge in [0, 0.05) is 37.3 Å². The van der Waals surface area contributed by atoms with Gasteiger partial charge < -0.3 is 20.1 Å². The zero-order valence-electron chi connectivity index (χ0n) is 14.1. The molecule has 0 aromatic heterocycles. The first-order chi connectivity index (χ1) is 10.8. The Bertz CT molecular complexity index is 317. The fraction of sp³-hybridized carbons (Fsp3) is 1.00. The number of piperidine rings is 1. The summed E-state index contributed by atoms with van der Waals surface area (Å²) in [6.45, 7) is 5.39. The van der Waals surface area contributed by atoms with Crippen molar-refractivity contribution in [2.45, 2.75) is 69.9 Å². The van der Waals surface area contributed by atoms with E-state index in [2.05, 4.69) is 10.2 Å². The summed E-state index contributed by atoms with van der Waals surface area (Å²) in [5.41, 5.74) is 0.0682. The third kappa shape index (κ3) is 4.22. The van der Waals surface area contributed by atoms with Crippen molar-refractivity contribution >= 4 is 0 Å². The molecule has 0 amide bonds. The van der Waals surface area contributed by atoms with Crippen LogP contribution < -0.4 is 5.32 Å². The molecule has 2 N–H and O–H groups in total. The van der Waals surface area contributed by atoms with E-state index in [4.69, 9.17) is 4.74 Å². The topological polar surface area (TPSA) is 44.7 Å². The largest absolute Gasteiger partial charge is 0.396 e. The summed E-state index contributed by atoms with van der Waals surface area (Å²) in [5.74, 6) is 0. The molecule has 2 saturated heterocycles. The van der Waals surface area contributed by atoms with Crippen LogP contribution in [0.4, 0.5) is 0 Å². The van der Waals surface area contributed by atoms with Gasteiger partial charge >= 0.3 is 0 Å². The number of ether oxygens (including phenoxy) is 1. The van der Waals surface area contributed by atoms with Gasteiger partial charge in [-0.05, 0) is 51.6 Å². The van der Waals surface area contributed by atoms with Crippen molar-refractivity contribution in [3.05, 3.63) is 0 Å². The third-order valence-electron chi connectivity index (χ3n) is 6.28. The SMILES string of the molecule is OCC1(CNC2CCN(C3CCCCC3)CC2)CCOCC1. The minimum atomic E-state index is 0.0682. The fourth-order valence-corrected chi connectivity index (χ4v) is 4.47. The van der Waals surface area contributed by atoms with Crippen molar-refractivity contribution < 1.29 is 9.84 Å². The lowest BCUT2D eigenvalue weighted by molar-refractivity contribution is -0.0178. The van der Waals surface area contributed by atoms with Crippen molar-refractivity contribution in [2.75, 3.05) is 39.5 Å². The van der Waals surface area contributed by atoms with Crippen LogP contribution in [0.15, 0.2) is 0 Å². The molecule has 0 unspecified atom stereocenters. The first kappa shape index (κ1) is 16.7. The van der Waals surface area contributed by atoms with Crippen molar-refractivity contribution in [1.29, 1.82) is 0 Å². The van der Waals surface area contributed by atoms with Gasteiger partial charge in [0.15, 0.2) is 0 Å². The van der Waals surface area contributed by atoms with Crippen LogP contribution in [0.25, 0.3) is 0 Å². The molecule has 2 heterocycles. The van der Waals surface area contributed by atoms with Crippen LogP contribution in [0.2, 0.25) is 0 Å². The number of rotatable bonds is 5. The van der Waals surface area contributed by atoms with E-state index in [1.165, 1.54) is 58.0 Å². The number of aliphatic hydroxyl groups is 1. The molecule has 4 heteroatoms. The van der Waals surface area contributed by atoms with E-state index in [1.807, 2.05) is 0 Å². The molecule has 0 aromatic carbocycles. The van der Waals surface area contributed by atoms with Gasteiger partial charge in [-0.3, -0.25) is 0 Å². The molecule has 1 saturated carbocycles. The standard InChI is InChI=1S/C18H34N2O2/c21-15-18(8-12-22-13-9-18)14-19-16-6-10-20(11-7-16)17-4-2-1-3-5-17/h16-17,19,21H,1-15H2. The summed E-state index contributed by atoms with van der Waals surface area (Å²) in [6, 6.07) is 1.51. The van der Waals surface area contributed by atoms with Gasteiger partial charge in [0.05, 0.1) is 6.61 Å². The smallest absolute Gasteiger partial charge is 0.0501 e. The molecule has 0 radical (unpaired) electrons. The lowest BCUT2D eigenvalue weighted by Crippen LogP contribution is -2.50. The van der Waals surface area contributed by atoms with Gasteiger partial charge in [0.25, 0.3) is 0 Å². The molecule has 22 heavy (non-hydrogen) atoms. The lowest BCUT2D eigenvalue weighted by Gasteiger charge is -2.41.